The second kappa shape index (κ2) is 6.64. The van der Waals surface area contributed by atoms with Crippen LogP contribution in [0.1, 0.15) is 13.3 Å². The fraction of sp³-hybridized carbons (Fsp3) is 0.818. The molecule has 0 spiro atoms. The molecule has 0 amide bonds. The quantitative estimate of drug-likeness (QED) is 0.279. The highest BCUT2D eigenvalue weighted by Gasteiger charge is 2.55. The normalized spacial score (nSPS) is 35.8. The smallest absolute Gasteiger partial charge is 0.377 e. The largest absolute Gasteiger partial charge is 0.476 e. The van der Waals surface area contributed by atoms with Gasteiger partial charge in [-0.3, -0.25) is 4.79 Å². The van der Waals surface area contributed by atoms with Crippen molar-refractivity contribution >= 4 is 11.9 Å². The van der Waals surface area contributed by atoms with Crippen LogP contribution < -0.4 is 5.73 Å². The molecular weight excluding hydrogens is 290 g/mol. The number of carboxylic acids is 1. The van der Waals surface area contributed by atoms with E-state index in [0.717, 1.165) is 6.92 Å². The van der Waals surface area contributed by atoms with Gasteiger partial charge in [-0.05, 0) is 0 Å². The standard InChI is InChI=1S/C11H19NO9/c1-4(14)20-11(10(18)19)2-5(15)7(12)9(21-11)8(17)6(16)3-13/h5-9,13,15-17H,2-3,12H2,1H3,(H,18,19)/t5-,6?,7+,8?,9+,11?/m0/s1. The first kappa shape index (κ1) is 17.8. The van der Waals surface area contributed by atoms with Gasteiger partial charge in [0.15, 0.2) is 0 Å². The lowest BCUT2D eigenvalue weighted by Gasteiger charge is -2.44. The molecule has 21 heavy (non-hydrogen) atoms. The molecule has 0 aromatic heterocycles. The summed E-state index contributed by atoms with van der Waals surface area (Å²) in [5.74, 6) is -5.20. The lowest BCUT2D eigenvalue weighted by Crippen LogP contribution is -2.66. The third-order valence-corrected chi connectivity index (χ3v) is 3.18. The number of ether oxygens (including phenoxy) is 2. The molecule has 10 heteroatoms. The highest BCUT2D eigenvalue weighted by atomic mass is 16.7. The monoisotopic (exact) mass is 309 g/mol. The summed E-state index contributed by atoms with van der Waals surface area (Å²) in [5, 5.41) is 47.0. The molecule has 3 unspecified atom stereocenters. The van der Waals surface area contributed by atoms with Crippen molar-refractivity contribution in [2.45, 2.75) is 49.6 Å². The van der Waals surface area contributed by atoms with Crippen molar-refractivity contribution in [1.82, 2.24) is 0 Å². The number of hydrogen-bond acceptors (Lipinski definition) is 9. The average Bonchev–Trinajstić information content (AvgIpc) is 2.40. The third-order valence-electron chi connectivity index (χ3n) is 3.18. The lowest BCUT2D eigenvalue weighted by atomic mass is 9.89. The Morgan fingerprint density at radius 3 is 2.48 bits per heavy atom. The Hall–Kier alpha value is -1.30. The molecule has 0 saturated carbocycles. The Kier molecular flexibility index (Phi) is 5.61. The molecule has 1 fully saturated rings. The lowest BCUT2D eigenvalue weighted by molar-refractivity contribution is -0.298. The van der Waals surface area contributed by atoms with Gasteiger partial charge in [-0.2, -0.15) is 0 Å². The van der Waals surface area contributed by atoms with E-state index in [2.05, 4.69) is 4.74 Å². The van der Waals surface area contributed by atoms with Crippen LogP contribution >= 0.6 is 0 Å². The highest BCUT2D eigenvalue weighted by molar-refractivity contribution is 5.80. The summed E-state index contributed by atoms with van der Waals surface area (Å²) in [6.45, 7) is 0.112. The first-order valence-electron chi connectivity index (χ1n) is 6.16. The number of nitrogens with two attached hydrogens (primary N) is 1. The summed E-state index contributed by atoms with van der Waals surface area (Å²) < 4.78 is 9.69. The van der Waals surface area contributed by atoms with Crippen molar-refractivity contribution in [1.29, 1.82) is 0 Å². The van der Waals surface area contributed by atoms with Gasteiger partial charge in [-0.15, -0.1) is 0 Å². The van der Waals surface area contributed by atoms with Gasteiger partial charge in [-0.25, -0.2) is 4.79 Å². The number of carbonyl (C=O) groups is 2. The Bertz CT molecular complexity index is 403. The maximum Gasteiger partial charge on any atom is 0.377 e. The van der Waals surface area contributed by atoms with Gasteiger partial charge in [0.25, 0.3) is 0 Å². The minimum absolute atomic E-state index is 0.637. The second-order valence-electron chi connectivity index (χ2n) is 4.82. The molecule has 122 valence electrons. The van der Waals surface area contributed by atoms with Gasteiger partial charge in [0.1, 0.15) is 18.3 Å². The Morgan fingerprint density at radius 1 is 1.48 bits per heavy atom. The van der Waals surface area contributed by atoms with Crippen molar-refractivity contribution in [3.63, 3.8) is 0 Å². The SMILES string of the molecule is CC(=O)OC1(C(=O)O)C[C@H](O)[C@@H](N)[C@H](C(O)C(O)CO)O1. The number of aliphatic hydroxyl groups excluding tert-OH is 4. The van der Waals surface area contributed by atoms with Crippen molar-refractivity contribution in [2.75, 3.05) is 6.61 Å². The first-order valence-corrected chi connectivity index (χ1v) is 6.16. The molecule has 1 rings (SSSR count). The van der Waals surface area contributed by atoms with Crippen LogP contribution in [0, 0.1) is 0 Å². The number of carbonyl (C=O) groups excluding carboxylic acids is 1. The van der Waals surface area contributed by atoms with Crippen LogP contribution in [-0.4, -0.2) is 80.3 Å². The number of hydrogen-bond donors (Lipinski definition) is 6. The fourth-order valence-corrected chi connectivity index (χ4v) is 2.08. The maximum absolute atomic E-state index is 11.3. The molecule has 1 saturated heterocycles. The van der Waals surface area contributed by atoms with E-state index >= 15 is 0 Å². The predicted octanol–water partition coefficient (Wildman–Crippen LogP) is -3.48. The number of rotatable bonds is 5. The second-order valence-corrected chi connectivity index (χ2v) is 4.82. The molecular formula is C11H19NO9. The molecule has 1 aliphatic rings. The van der Waals surface area contributed by atoms with Crippen molar-refractivity contribution in [2.24, 2.45) is 5.73 Å². The minimum Gasteiger partial charge on any atom is -0.476 e. The van der Waals surface area contributed by atoms with E-state index in [1.807, 2.05) is 0 Å². The number of aliphatic hydroxyl groups is 4. The summed E-state index contributed by atoms with van der Waals surface area (Å²) in [6, 6.07) is -1.25. The summed E-state index contributed by atoms with van der Waals surface area (Å²) in [5.41, 5.74) is 5.61. The van der Waals surface area contributed by atoms with Gasteiger partial charge >= 0.3 is 17.7 Å². The van der Waals surface area contributed by atoms with E-state index in [-0.39, 0.29) is 0 Å². The molecule has 10 nitrogen and oxygen atoms in total. The summed E-state index contributed by atoms with van der Waals surface area (Å²) in [7, 11) is 0. The molecule has 0 aromatic rings. The first-order chi connectivity index (χ1) is 9.64. The highest BCUT2D eigenvalue weighted by Crippen LogP contribution is 2.32. The van der Waals surface area contributed by atoms with Crippen LogP contribution in [-0.2, 0) is 19.1 Å². The minimum atomic E-state index is -2.53. The maximum atomic E-state index is 11.3. The van der Waals surface area contributed by atoms with Crippen LogP contribution in [0.2, 0.25) is 0 Å². The third kappa shape index (κ3) is 3.67. The van der Waals surface area contributed by atoms with E-state index in [9.17, 15) is 30.0 Å². The van der Waals surface area contributed by atoms with Gasteiger partial charge < -0.3 is 40.7 Å². The van der Waals surface area contributed by atoms with Crippen LogP contribution in [0.3, 0.4) is 0 Å². The summed E-state index contributed by atoms with van der Waals surface area (Å²) >= 11 is 0. The fourth-order valence-electron chi connectivity index (χ4n) is 2.08. The predicted molar refractivity (Wildman–Crippen MR) is 64.7 cm³/mol. The van der Waals surface area contributed by atoms with E-state index in [1.165, 1.54) is 0 Å². The molecule has 6 atom stereocenters. The Balaban J connectivity index is 3.09. The zero-order valence-corrected chi connectivity index (χ0v) is 11.2. The van der Waals surface area contributed by atoms with Gasteiger partial charge in [0.05, 0.1) is 25.2 Å². The number of aliphatic carboxylic acids is 1. The molecule has 0 radical (unpaired) electrons. The van der Waals surface area contributed by atoms with E-state index in [0.29, 0.717) is 0 Å². The van der Waals surface area contributed by atoms with Crippen LogP contribution in [0.15, 0.2) is 0 Å². The van der Waals surface area contributed by atoms with Gasteiger partial charge in [0, 0.05) is 6.92 Å². The van der Waals surface area contributed by atoms with Crippen LogP contribution in [0.25, 0.3) is 0 Å². The number of carboxylic acid groups (broad SMARTS) is 1. The summed E-state index contributed by atoms with van der Waals surface area (Å²) in [6.07, 6.45) is -7.13. The van der Waals surface area contributed by atoms with E-state index in [4.69, 9.17) is 15.6 Å². The van der Waals surface area contributed by atoms with E-state index in [1.54, 1.807) is 0 Å². The Labute approximate surface area is 119 Å². The van der Waals surface area contributed by atoms with Crippen molar-refractivity contribution < 1.29 is 44.6 Å². The van der Waals surface area contributed by atoms with Crippen LogP contribution in [0.5, 0.6) is 0 Å². The van der Waals surface area contributed by atoms with Crippen molar-refractivity contribution in [3.8, 4) is 0 Å². The zero-order valence-electron chi connectivity index (χ0n) is 11.2. The molecule has 1 heterocycles. The van der Waals surface area contributed by atoms with Gasteiger partial charge in [0.2, 0.25) is 0 Å². The summed E-state index contributed by atoms with van der Waals surface area (Å²) in [4.78, 5) is 22.4. The molecule has 0 aromatic carbocycles. The molecule has 1 aliphatic heterocycles. The van der Waals surface area contributed by atoms with Gasteiger partial charge in [-0.1, -0.05) is 0 Å². The van der Waals surface area contributed by atoms with E-state index < -0.39 is 61.2 Å². The zero-order chi connectivity index (χ0) is 16.4. The topological polar surface area (TPSA) is 180 Å². The Morgan fingerprint density at radius 2 is 2.05 bits per heavy atom. The molecule has 0 bridgehead atoms. The molecule has 7 N–H and O–H groups in total. The number of esters is 1. The van der Waals surface area contributed by atoms with Crippen molar-refractivity contribution in [3.05, 3.63) is 0 Å². The average molecular weight is 309 g/mol. The van der Waals surface area contributed by atoms with Crippen LogP contribution in [0.4, 0.5) is 0 Å². The molecule has 0 aliphatic carbocycles.